The third-order valence-electron chi connectivity index (χ3n) is 3.56. The number of nitrogens with zero attached hydrogens (tertiary/aromatic N) is 1. The first-order valence-electron chi connectivity index (χ1n) is 6.22. The number of rotatable bonds is 4. The molecule has 1 heterocycles. The molecular formula is C11H20N2O5. The van der Waals surface area contributed by atoms with Gasteiger partial charge in [-0.3, -0.25) is 0 Å². The van der Waals surface area contributed by atoms with Crippen molar-refractivity contribution in [1.82, 2.24) is 5.32 Å². The lowest BCUT2D eigenvalue weighted by molar-refractivity contribution is -0.117. The fourth-order valence-corrected chi connectivity index (χ4v) is 2.37. The third-order valence-corrected chi connectivity index (χ3v) is 3.56. The summed E-state index contributed by atoms with van der Waals surface area (Å²) in [6.07, 6.45) is -1.57. The van der Waals surface area contributed by atoms with Gasteiger partial charge in [0.1, 0.15) is 23.9 Å². The Hall–Kier alpha value is -0.890. The van der Waals surface area contributed by atoms with Gasteiger partial charge in [-0.25, -0.2) is 4.99 Å². The van der Waals surface area contributed by atoms with Crippen LogP contribution in [-0.4, -0.2) is 69.6 Å². The molecule has 0 aromatic heterocycles. The maximum absolute atomic E-state index is 10.1. The summed E-state index contributed by atoms with van der Waals surface area (Å²) in [7, 11) is 0. The van der Waals surface area contributed by atoms with Crippen molar-refractivity contribution in [2.75, 3.05) is 13.2 Å². The van der Waals surface area contributed by atoms with Crippen molar-refractivity contribution in [3.8, 4) is 0 Å². The minimum atomic E-state index is -1.85. The summed E-state index contributed by atoms with van der Waals surface area (Å²) in [6.45, 7) is 2.06. The van der Waals surface area contributed by atoms with E-state index in [0.29, 0.717) is 6.54 Å². The molecule has 7 nitrogen and oxygen atoms in total. The quantitative estimate of drug-likeness (QED) is 0.372. The molecule has 1 saturated carbocycles. The Kier molecular flexibility index (Phi) is 3.76. The van der Waals surface area contributed by atoms with Crippen LogP contribution < -0.4 is 5.32 Å². The van der Waals surface area contributed by atoms with Gasteiger partial charge in [0.25, 0.3) is 6.02 Å². The van der Waals surface area contributed by atoms with E-state index in [1.807, 2.05) is 0 Å². The number of unbranched alkanes of at least 4 members (excludes halogenated alkanes) is 1. The van der Waals surface area contributed by atoms with Gasteiger partial charge in [0.2, 0.25) is 0 Å². The van der Waals surface area contributed by atoms with Gasteiger partial charge in [-0.1, -0.05) is 13.3 Å². The lowest BCUT2D eigenvalue weighted by Gasteiger charge is -2.27. The molecule has 2 aliphatic rings. The molecule has 2 rings (SSSR count). The fourth-order valence-electron chi connectivity index (χ4n) is 2.37. The summed E-state index contributed by atoms with van der Waals surface area (Å²) in [5, 5.41) is 41.7. The number of hydrogen-bond acceptors (Lipinski definition) is 7. The molecule has 1 fully saturated rings. The van der Waals surface area contributed by atoms with Gasteiger partial charge in [-0.2, -0.15) is 0 Å². The molecule has 0 aromatic rings. The zero-order valence-electron chi connectivity index (χ0n) is 10.3. The van der Waals surface area contributed by atoms with Crippen LogP contribution in [0.2, 0.25) is 0 Å². The topological polar surface area (TPSA) is 115 Å². The van der Waals surface area contributed by atoms with E-state index >= 15 is 0 Å². The number of aliphatic hydroxyl groups excluding tert-OH is 3. The van der Waals surface area contributed by atoms with Crippen LogP contribution in [0.5, 0.6) is 0 Å². The van der Waals surface area contributed by atoms with Gasteiger partial charge >= 0.3 is 0 Å². The Labute approximate surface area is 105 Å². The van der Waals surface area contributed by atoms with Crippen molar-refractivity contribution >= 4 is 6.02 Å². The van der Waals surface area contributed by atoms with E-state index in [1.54, 1.807) is 0 Å². The molecule has 0 bridgehead atoms. The Morgan fingerprint density at radius 3 is 2.78 bits per heavy atom. The van der Waals surface area contributed by atoms with Crippen molar-refractivity contribution in [2.24, 2.45) is 4.99 Å². The Balaban J connectivity index is 2.07. The van der Waals surface area contributed by atoms with Gasteiger partial charge in [-0.15, -0.1) is 0 Å². The minimum absolute atomic E-state index is 0.247. The lowest BCUT2D eigenvalue weighted by Crippen LogP contribution is -2.51. The highest BCUT2D eigenvalue weighted by Gasteiger charge is 2.63. The first kappa shape index (κ1) is 13.5. The molecule has 0 saturated heterocycles. The number of ether oxygens (including phenoxy) is 1. The summed E-state index contributed by atoms with van der Waals surface area (Å²) in [6, 6.07) is -0.604. The van der Waals surface area contributed by atoms with E-state index in [0.717, 1.165) is 12.8 Å². The van der Waals surface area contributed by atoms with Crippen LogP contribution in [0.15, 0.2) is 4.99 Å². The first-order valence-corrected chi connectivity index (χ1v) is 6.22. The van der Waals surface area contributed by atoms with E-state index in [9.17, 15) is 20.4 Å². The average molecular weight is 260 g/mol. The number of aliphatic imine (C=N–C) groups is 1. The van der Waals surface area contributed by atoms with E-state index in [2.05, 4.69) is 17.2 Å². The second-order valence-corrected chi connectivity index (χ2v) is 4.83. The zero-order chi connectivity index (χ0) is 13.3. The summed E-state index contributed by atoms with van der Waals surface area (Å²) in [5.74, 6) is 0. The van der Waals surface area contributed by atoms with Crippen molar-refractivity contribution in [3.05, 3.63) is 0 Å². The molecule has 5 N–H and O–H groups in total. The smallest absolute Gasteiger partial charge is 0.285 e. The monoisotopic (exact) mass is 260 g/mol. The molecule has 1 aliphatic carbocycles. The number of hydrogen-bond donors (Lipinski definition) is 5. The maximum atomic E-state index is 10.1. The molecule has 0 aromatic carbocycles. The van der Waals surface area contributed by atoms with Crippen LogP contribution in [0.3, 0.4) is 0 Å². The molecule has 5 atom stereocenters. The Bertz CT molecular complexity index is 337. The van der Waals surface area contributed by atoms with Gasteiger partial charge < -0.3 is 30.5 Å². The predicted octanol–water partition coefficient (Wildman–Crippen LogP) is -2.04. The molecule has 0 amide bonds. The van der Waals surface area contributed by atoms with Gasteiger partial charge in [0.15, 0.2) is 6.10 Å². The molecule has 18 heavy (non-hydrogen) atoms. The van der Waals surface area contributed by atoms with Crippen LogP contribution in [0.4, 0.5) is 0 Å². The molecular weight excluding hydrogens is 240 g/mol. The Morgan fingerprint density at radius 2 is 2.17 bits per heavy atom. The zero-order valence-corrected chi connectivity index (χ0v) is 10.3. The highest BCUT2D eigenvalue weighted by atomic mass is 16.5. The Morgan fingerprint density at radius 1 is 1.44 bits per heavy atom. The summed E-state index contributed by atoms with van der Waals surface area (Å²) in [4.78, 5) is 4.10. The van der Waals surface area contributed by atoms with Crippen LogP contribution in [0.25, 0.3) is 0 Å². The minimum Gasteiger partial charge on any atom is -0.457 e. The largest absolute Gasteiger partial charge is 0.457 e. The van der Waals surface area contributed by atoms with Crippen molar-refractivity contribution in [1.29, 1.82) is 0 Å². The number of nitrogens with one attached hydrogen (secondary N) is 1. The van der Waals surface area contributed by atoms with E-state index < -0.39 is 36.6 Å². The van der Waals surface area contributed by atoms with Crippen LogP contribution in [0.1, 0.15) is 19.8 Å². The lowest BCUT2D eigenvalue weighted by atomic mass is 9.97. The van der Waals surface area contributed by atoms with E-state index in [1.165, 1.54) is 0 Å². The van der Waals surface area contributed by atoms with Crippen LogP contribution >= 0.6 is 0 Å². The second kappa shape index (κ2) is 5.00. The first-order chi connectivity index (χ1) is 8.54. The van der Waals surface area contributed by atoms with Crippen LogP contribution in [0, 0.1) is 0 Å². The summed E-state index contributed by atoms with van der Waals surface area (Å²) >= 11 is 0. The number of aliphatic hydroxyl groups is 4. The predicted molar refractivity (Wildman–Crippen MR) is 63.1 cm³/mol. The molecule has 0 radical (unpaired) electrons. The molecule has 7 heteroatoms. The van der Waals surface area contributed by atoms with Gasteiger partial charge in [0.05, 0.1) is 6.61 Å². The van der Waals surface area contributed by atoms with Gasteiger partial charge in [-0.05, 0) is 6.42 Å². The molecule has 104 valence electrons. The summed E-state index contributed by atoms with van der Waals surface area (Å²) < 4.78 is 5.37. The molecule has 0 spiro atoms. The van der Waals surface area contributed by atoms with Crippen molar-refractivity contribution in [3.63, 3.8) is 0 Å². The maximum Gasteiger partial charge on any atom is 0.285 e. The normalized spacial score (nSPS) is 42.4. The number of fused-ring (bicyclic) bond motifs is 1. The highest BCUT2D eigenvalue weighted by Crippen LogP contribution is 2.38. The fraction of sp³-hybridized carbons (Fsp3) is 0.909. The number of amidine groups is 1. The SMILES string of the molecule is CCCCNC1=N[C@H]2[C@@H](O1)[C@@H](O)[C@@H](O)[C@]2(O)CO. The molecule has 0 unspecified atom stereocenters. The third kappa shape index (κ3) is 1.97. The average Bonchev–Trinajstić information content (AvgIpc) is 2.86. The van der Waals surface area contributed by atoms with Crippen molar-refractivity contribution in [2.45, 2.75) is 49.7 Å². The van der Waals surface area contributed by atoms with E-state index in [4.69, 9.17) is 4.74 Å². The standard InChI is InChI=1S/C11H20N2O5/c1-2-3-4-12-10-13-8-7(18-10)6(15)9(16)11(8,17)5-14/h6-9,14-17H,2-5H2,1H3,(H,12,13)/t6-,7+,8+,9-,11+/m1/s1. The van der Waals surface area contributed by atoms with Crippen LogP contribution in [-0.2, 0) is 4.74 Å². The molecule has 1 aliphatic heterocycles. The summed E-state index contributed by atoms with van der Waals surface area (Å²) in [5.41, 5.74) is -1.85. The van der Waals surface area contributed by atoms with E-state index in [-0.39, 0.29) is 6.02 Å². The highest BCUT2D eigenvalue weighted by molar-refractivity contribution is 5.76. The van der Waals surface area contributed by atoms with Gasteiger partial charge in [0, 0.05) is 6.54 Å². The second-order valence-electron chi connectivity index (χ2n) is 4.83. The van der Waals surface area contributed by atoms with Crippen molar-refractivity contribution < 1.29 is 25.2 Å².